The fourth-order valence-electron chi connectivity index (χ4n) is 4.20. The molecule has 39 heavy (non-hydrogen) atoms. The fourth-order valence-corrected chi connectivity index (χ4v) is 4.89. The molecule has 204 valence electrons. The van der Waals surface area contributed by atoms with Crippen LogP contribution in [-0.4, -0.2) is 68.4 Å². The number of pyridine rings is 1. The summed E-state index contributed by atoms with van der Waals surface area (Å²) in [5, 5.41) is 16.9. The van der Waals surface area contributed by atoms with E-state index in [1.807, 2.05) is 26.8 Å². The van der Waals surface area contributed by atoms with Crippen LogP contribution in [0.5, 0.6) is 17.4 Å². The van der Waals surface area contributed by atoms with E-state index in [9.17, 15) is 14.7 Å². The van der Waals surface area contributed by atoms with Crippen molar-refractivity contribution in [2.24, 2.45) is 0 Å². The first-order valence-electron chi connectivity index (χ1n) is 12.3. The molecule has 4 heterocycles. The largest absolute Gasteiger partial charge is 0.497 e. The Bertz CT molecular complexity index is 1520. The highest BCUT2D eigenvalue weighted by molar-refractivity contribution is 7.12. The lowest BCUT2D eigenvalue weighted by Crippen LogP contribution is -2.36. The minimum absolute atomic E-state index is 0.00101. The summed E-state index contributed by atoms with van der Waals surface area (Å²) in [5.41, 5.74) is -0.188. The number of methoxy groups -OCH3 is 1. The van der Waals surface area contributed by atoms with Gasteiger partial charge in [-0.25, -0.2) is 9.78 Å². The van der Waals surface area contributed by atoms with Crippen molar-refractivity contribution in [3.05, 3.63) is 53.2 Å². The predicted molar refractivity (Wildman–Crippen MR) is 146 cm³/mol. The molecule has 12 heteroatoms. The first kappa shape index (κ1) is 26.3. The number of anilines is 1. The number of nitrogens with zero attached hydrogens (tertiary/aromatic N) is 4. The third-order valence-electron chi connectivity index (χ3n) is 6.05. The van der Waals surface area contributed by atoms with E-state index in [0.29, 0.717) is 47.9 Å². The highest BCUT2D eigenvalue weighted by atomic mass is 32.1. The zero-order valence-corrected chi connectivity index (χ0v) is 22.8. The molecule has 2 N–H and O–H groups in total. The van der Waals surface area contributed by atoms with Crippen molar-refractivity contribution in [2.45, 2.75) is 38.9 Å². The third kappa shape index (κ3) is 5.75. The molecule has 1 fully saturated rings. The molecule has 1 atom stereocenters. The van der Waals surface area contributed by atoms with E-state index in [4.69, 9.17) is 14.2 Å². The number of carbonyl (C=O) groups is 2. The van der Waals surface area contributed by atoms with Crippen molar-refractivity contribution < 1.29 is 28.9 Å². The number of hydrogen-bond donors (Lipinski definition) is 2. The molecular weight excluding hydrogens is 522 g/mol. The van der Waals surface area contributed by atoms with Gasteiger partial charge in [0.1, 0.15) is 28.9 Å². The van der Waals surface area contributed by atoms with Gasteiger partial charge in [-0.3, -0.25) is 14.3 Å². The quantitative estimate of drug-likeness (QED) is 0.349. The molecule has 4 aromatic rings. The number of aromatic hydroxyl groups is 1. The van der Waals surface area contributed by atoms with Crippen LogP contribution in [0, 0.1) is 0 Å². The number of fused-ring (bicyclic) bond motifs is 1. The van der Waals surface area contributed by atoms with Gasteiger partial charge in [0.2, 0.25) is 5.88 Å². The van der Waals surface area contributed by atoms with Crippen LogP contribution >= 0.6 is 11.3 Å². The highest BCUT2D eigenvalue weighted by Crippen LogP contribution is 2.33. The van der Waals surface area contributed by atoms with Gasteiger partial charge in [0.05, 0.1) is 19.9 Å². The topological polar surface area (TPSA) is 128 Å². The third-order valence-corrected chi connectivity index (χ3v) is 6.88. The van der Waals surface area contributed by atoms with E-state index in [-0.39, 0.29) is 23.1 Å². The molecule has 0 bridgehead atoms. The van der Waals surface area contributed by atoms with Crippen LogP contribution in [0.4, 0.5) is 10.5 Å². The second-order valence-corrected chi connectivity index (χ2v) is 10.9. The smallest absolute Gasteiger partial charge is 0.410 e. The van der Waals surface area contributed by atoms with Gasteiger partial charge in [0.25, 0.3) is 5.91 Å². The van der Waals surface area contributed by atoms with Crippen LogP contribution in [0.3, 0.4) is 0 Å². The predicted octanol–water partition coefficient (Wildman–Crippen LogP) is 4.84. The van der Waals surface area contributed by atoms with Crippen LogP contribution in [0.15, 0.2) is 48.2 Å². The summed E-state index contributed by atoms with van der Waals surface area (Å²) in [7, 11) is 1.56. The van der Waals surface area contributed by atoms with Gasteiger partial charge in [-0.2, -0.15) is 0 Å². The molecule has 2 amide bonds. The van der Waals surface area contributed by atoms with Gasteiger partial charge in [0.15, 0.2) is 10.8 Å². The van der Waals surface area contributed by atoms with Crippen molar-refractivity contribution in [1.82, 2.24) is 19.4 Å². The molecule has 0 spiro atoms. The van der Waals surface area contributed by atoms with Crippen LogP contribution in [-0.2, 0) is 4.74 Å². The Morgan fingerprint density at radius 2 is 2.05 bits per heavy atom. The summed E-state index contributed by atoms with van der Waals surface area (Å²) in [4.78, 5) is 35.6. The number of ether oxygens (including phenoxy) is 3. The summed E-state index contributed by atoms with van der Waals surface area (Å²) in [6.07, 6.45) is 4.81. The second kappa shape index (κ2) is 10.4. The van der Waals surface area contributed by atoms with Gasteiger partial charge in [0, 0.05) is 47.6 Å². The van der Waals surface area contributed by atoms with Crippen LogP contribution in [0.1, 0.15) is 37.0 Å². The van der Waals surface area contributed by atoms with Crippen LogP contribution in [0.25, 0.3) is 16.6 Å². The van der Waals surface area contributed by atoms with Crippen molar-refractivity contribution >= 4 is 39.8 Å². The van der Waals surface area contributed by atoms with Crippen molar-refractivity contribution in [3.8, 4) is 23.2 Å². The molecule has 1 aliphatic rings. The molecule has 1 aromatic carbocycles. The van der Waals surface area contributed by atoms with E-state index in [0.717, 1.165) is 16.7 Å². The Morgan fingerprint density at radius 1 is 1.23 bits per heavy atom. The summed E-state index contributed by atoms with van der Waals surface area (Å²) in [6, 6.07) is 7.05. The second-order valence-electron chi connectivity index (χ2n) is 10.1. The van der Waals surface area contributed by atoms with E-state index in [1.165, 1.54) is 10.8 Å². The number of nitrogens with one attached hydrogen (secondary N) is 1. The van der Waals surface area contributed by atoms with Gasteiger partial charge >= 0.3 is 6.09 Å². The van der Waals surface area contributed by atoms with Crippen molar-refractivity contribution in [3.63, 3.8) is 0 Å². The van der Waals surface area contributed by atoms with E-state index < -0.39 is 11.5 Å². The van der Waals surface area contributed by atoms with Gasteiger partial charge < -0.3 is 29.5 Å². The summed E-state index contributed by atoms with van der Waals surface area (Å²) in [5.74, 6) is 1.03. The Labute approximate surface area is 229 Å². The SMILES string of the molecule is COc1ccc2cn(-c3csc(C(=O)Nc4cnccc4O[C@H]4CCN(C(=O)OC(C)(C)C)C4)n3)c(O)c2c1. The maximum atomic E-state index is 13.1. The average Bonchev–Trinajstić information content (AvgIpc) is 3.63. The molecule has 0 aliphatic carbocycles. The molecule has 11 nitrogen and oxygen atoms in total. The van der Waals surface area contributed by atoms with Gasteiger partial charge in [-0.15, -0.1) is 11.3 Å². The van der Waals surface area contributed by atoms with E-state index in [1.54, 1.807) is 48.0 Å². The number of hydrogen-bond acceptors (Lipinski definition) is 9. The van der Waals surface area contributed by atoms with Crippen LogP contribution in [0.2, 0.25) is 0 Å². The van der Waals surface area contributed by atoms with Gasteiger partial charge in [-0.1, -0.05) is 0 Å². The van der Waals surface area contributed by atoms with E-state index >= 15 is 0 Å². The van der Waals surface area contributed by atoms with Gasteiger partial charge in [-0.05, 0) is 39.0 Å². The summed E-state index contributed by atoms with van der Waals surface area (Å²) in [6.45, 7) is 6.37. The number of likely N-dealkylation sites (tertiary alicyclic amines) is 1. The van der Waals surface area contributed by atoms with Crippen molar-refractivity contribution in [1.29, 1.82) is 0 Å². The molecule has 3 aromatic heterocycles. The molecule has 1 saturated heterocycles. The standard InChI is InChI=1S/C27H29N5O6S/c1-27(2,3)38-26(35)31-10-8-18(14-31)37-21-7-9-28-12-20(21)29-23(33)24-30-22(15-39-24)32-13-16-5-6-17(36-4)11-19(16)25(32)34/h5-7,9,11-13,15,18,34H,8,10,14H2,1-4H3,(H,29,33)/t18-/m0/s1. The summed E-state index contributed by atoms with van der Waals surface area (Å²) < 4.78 is 18.3. The average molecular weight is 552 g/mol. The number of benzene rings is 1. The Balaban J connectivity index is 1.27. The normalized spacial score (nSPS) is 15.4. The Hall–Kier alpha value is -4.32. The lowest BCUT2D eigenvalue weighted by Gasteiger charge is -2.24. The Kier molecular flexibility index (Phi) is 7.04. The van der Waals surface area contributed by atoms with E-state index in [2.05, 4.69) is 15.3 Å². The molecule has 5 rings (SSSR count). The minimum Gasteiger partial charge on any atom is -0.497 e. The monoisotopic (exact) mass is 551 g/mol. The zero-order valence-electron chi connectivity index (χ0n) is 22.0. The molecule has 0 unspecified atom stereocenters. The number of thiazole rings is 1. The maximum Gasteiger partial charge on any atom is 0.410 e. The molecular formula is C27H29N5O6S. The lowest BCUT2D eigenvalue weighted by atomic mass is 10.2. The number of amides is 2. The van der Waals surface area contributed by atoms with Crippen LogP contribution < -0.4 is 14.8 Å². The van der Waals surface area contributed by atoms with Crippen molar-refractivity contribution in [2.75, 3.05) is 25.5 Å². The summed E-state index contributed by atoms with van der Waals surface area (Å²) >= 11 is 1.15. The first-order chi connectivity index (χ1) is 18.6. The highest BCUT2D eigenvalue weighted by Gasteiger charge is 2.31. The number of rotatable bonds is 6. The lowest BCUT2D eigenvalue weighted by molar-refractivity contribution is 0.0276. The Morgan fingerprint density at radius 3 is 2.82 bits per heavy atom. The zero-order chi connectivity index (χ0) is 27.7. The fraction of sp³-hybridized carbons (Fsp3) is 0.333. The minimum atomic E-state index is -0.574. The first-order valence-corrected chi connectivity index (χ1v) is 13.2. The molecule has 0 radical (unpaired) electrons. The molecule has 1 aliphatic heterocycles. The number of aromatic nitrogens is 3. The maximum absolute atomic E-state index is 13.1. The number of carbonyl (C=O) groups excluding carboxylic acids is 2. The molecule has 0 saturated carbocycles.